The highest BCUT2D eigenvalue weighted by Gasteiger charge is 2.34. The SMILES string of the molecule is CC(NC(=O)c1ncnc(N)c1CN)c1ncc(C(=O)Nc2cc(C(F)(F)F)c(Cl)cn2)s1. The lowest BCUT2D eigenvalue weighted by Crippen LogP contribution is -2.29. The monoisotopic (exact) mass is 500 g/mol. The minimum Gasteiger partial charge on any atom is -0.383 e. The first-order valence-corrected chi connectivity index (χ1v) is 10.3. The van der Waals surface area contributed by atoms with Crippen LogP contribution < -0.4 is 22.1 Å². The summed E-state index contributed by atoms with van der Waals surface area (Å²) in [6, 6.07) is 0.00404. The van der Waals surface area contributed by atoms with Gasteiger partial charge in [-0.1, -0.05) is 11.6 Å². The largest absolute Gasteiger partial charge is 0.418 e. The summed E-state index contributed by atoms with van der Waals surface area (Å²) in [5, 5.41) is 4.71. The summed E-state index contributed by atoms with van der Waals surface area (Å²) in [5.41, 5.74) is 10.5. The summed E-state index contributed by atoms with van der Waals surface area (Å²) < 4.78 is 39.0. The van der Waals surface area contributed by atoms with Gasteiger partial charge in [0.05, 0.1) is 22.8 Å². The lowest BCUT2D eigenvalue weighted by molar-refractivity contribution is -0.137. The van der Waals surface area contributed by atoms with Crippen LogP contribution in [0.15, 0.2) is 24.8 Å². The number of alkyl halides is 3. The number of pyridine rings is 1. The van der Waals surface area contributed by atoms with Gasteiger partial charge in [0.25, 0.3) is 11.8 Å². The average Bonchev–Trinajstić information content (AvgIpc) is 3.24. The van der Waals surface area contributed by atoms with Gasteiger partial charge in [-0.3, -0.25) is 9.59 Å². The second-order valence-corrected chi connectivity index (χ2v) is 8.02. The average molecular weight is 501 g/mol. The molecular weight excluding hydrogens is 485 g/mol. The molecule has 0 aromatic carbocycles. The number of nitrogens with two attached hydrogens (primary N) is 2. The van der Waals surface area contributed by atoms with Crippen LogP contribution in [0.5, 0.6) is 0 Å². The van der Waals surface area contributed by atoms with Gasteiger partial charge in [-0.2, -0.15) is 13.2 Å². The number of aromatic nitrogens is 4. The van der Waals surface area contributed by atoms with Crippen molar-refractivity contribution in [2.24, 2.45) is 5.73 Å². The molecule has 3 rings (SSSR count). The van der Waals surface area contributed by atoms with Crippen LogP contribution in [0, 0.1) is 0 Å². The molecule has 0 saturated carbocycles. The van der Waals surface area contributed by atoms with Gasteiger partial charge < -0.3 is 22.1 Å². The number of rotatable bonds is 6. The summed E-state index contributed by atoms with van der Waals surface area (Å²) in [5.74, 6) is -1.54. The summed E-state index contributed by atoms with van der Waals surface area (Å²) in [6.45, 7) is 1.58. The predicted molar refractivity (Wildman–Crippen MR) is 115 cm³/mol. The standard InChI is InChI=1S/C18H16ClF3N8O2S/c1-7(29-16(32)13-8(3-23)14(24)28-6-27-13)17-26-5-11(33-17)15(31)30-12-2-9(18(20,21)22)10(19)4-25-12/h2,4-7H,3,23H2,1H3,(H,29,32)(H2,24,27,28)(H,25,30,31). The zero-order valence-electron chi connectivity index (χ0n) is 16.8. The van der Waals surface area contributed by atoms with Gasteiger partial charge >= 0.3 is 6.18 Å². The van der Waals surface area contributed by atoms with E-state index in [2.05, 4.69) is 30.6 Å². The number of carbonyl (C=O) groups is 2. The molecule has 0 aliphatic heterocycles. The summed E-state index contributed by atoms with van der Waals surface area (Å²) in [4.78, 5) is 40.6. The predicted octanol–water partition coefficient (Wildman–Crippen LogP) is 2.78. The maximum absolute atomic E-state index is 13.0. The number of hydrogen-bond donors (Lipinski definition) is 4. The first kappa shape index (κ1) is 24.3. The zero-order valence-corrected chi connectivity index (χ0v) is 18.3. The summed E-state index contributed by atoms with van der Waals surface area (Å²) in [6.07, 6.45) is -1.55. The van der Waals surface area contributed by atoms with Crippen molar-refractivity contribution in [3.05, 3.63) is 56.5 Å². The number of thiazole rings is 1. The Morgan fingerprint density at radius 2 is 1.91 bits per heavy atom. The Morgan fingerprint density at radius 3 is 2.58 bits per heavy atom. The fraction of sp³-hybridized carbons (Fsp3) is 0.222. The molecule has 3 aromatic rings. The van der Waals surface area contributed by atoms with E-state index in [1.165, 1.54) is 6.20 Å². The number of halogens is 4. The van der Waals surface area contributed by atoms with Gasteiger partial charge in [-0.05, 0) is 13.0 Å². The van der Waals surface area contributed by atoms with E-state index in [-0.39, 0.29) is 34.3 Å². The van der Waals surface area contributed by atoms with Crippen LogP contribution in [0.2, 0.25) is 5.02 Å². The number of anilines is 2. The third-order valence-electron chi connectivity index (χ3n) is 4.27. The Kier molecular flexibility index (Phi) is 7.09. The van der Waals surface area contributed by atoms with Gasteiger partial charge in [0.15, 0.2) is 0 Å². The highest BCUT2D eigenvalue weighted by molar-refractivity contribution is 7.13. The fourth-order valence-electron chi connectivity index (χ4n) is 2.64. The number of nitrogens with one attached hydrogen (secondary N) is 2. The third-order valence-corrected chi connectivity index (χ3v) is 5.75. The van der Waals surface area contributed by atoms with E-state index < -0.39 is 34.6 Å². The lowest BCUT2D eigenvalue weighted by atomic mass is 10.2. The van der Waals surface area contributed by atoms with Crippen molar-refractivity contribution < 1.29 is 22.8 Å². The number of nitrogen functional groups attached to an aromatic ring is 1. The minimum atomic E-state index is -4.71. The van der Waals surface area contributed by atoms with E-state index in [0.717, 1.165) is 23.9 Å². The Labute approximate surface area is 193 Å². The van der Waals surface area contributed by atoms with Gasteiger partial charge in [-0.15, -0.1) is 11.3 Å². The summed E-state index contributed by atoms with van der Waals surface area (Å²) >= 11 is 6.46. The molecule has 0 saturated heterocycles. The van der Waals surface area contributed by atoms with Crippen LogP contribution in [0.25, 0.3) is 0 Å². The van der Waals surface area contributed by atoms with Crippen LogP contribution >= 0.6 is 22.9 Å². The number of hydrogen-bond acceptors (Lipinski definition) is 9. The number of nitrogens with zero attached hydrogens (tertiary/aromatic N) is 4. The normalized spacial score (nSPS) is 12.3. The topological polar surface area (TPSA) is 162 Å². The van der Waals surface area contributed by atoms with Crippen LogP contribution in [0.1, 0.15) is 49.3 Å². The van der Waals surface area contributed by atoms with Crippen LogP contribution in [0.3, 0.4) is 0 Å². The van der Waals surface area contributed by atoms with Crippen LogP contribution in [-0.4, -0.2) is 31.8 Å². The van der Waals surface area contributed by atoms with Crippen LogP contribution in [-0.2, 0) is 12.7 Å². The summed E-state index contributed by atoms with van der Waals surface area (Å²) in [7, 11) is 0. The van der Waals surface area contributed by atoms with Crippen molar-refractivity contribution >= 4 is 46.4 Å². The Bertz CT molecular complexity index is 1200. The molecule has 0 aliphatic rings. The molecule has 3 heterocycles. The highest BCUT2D eigenvalue weighted by atomic mass is 35.5. The van der Waals surface area contributed by atoms with E-state index >= 15 is 0 Å². The molecule has 10 nitrogen and oxygen atoms in total. The van der Waals surface area contributed by atoms with E-state index in [1.54, 1.807) is 6.92 Å². The minimum absolute atomic E-state index is 0.0145. The first-order chi connectivity index (χ1) is 15.5. The van der Waals surface area contributed by atoms with Crippen molar-refractivity contribution in [2.45, 2.75) is 25.7 Å². The van der Waals surface area contributed by atoms with E-state index in [1.807, 2.05) is 0 Å². The van der Waals surface area contributed by atoms with Gasteiger partial charge in [-0.25, -0.2) is 19.9 Å². The molecule has 0 spiro atoms. The van der Waals surface area contributed by atoms with Crippen LogP contribution in [0.4, 0.5) is 24.8 Å². The fourth-order valence-corrected chi connectivity index (χ4v) is 3.67. The van der Waals surface area contributed by atoms with E-state index in [9.17, 15) is 22.8 Å². The molecule has 0 radical (unpaired) electrons. The maximum Gasteiger partial charge on any atom is 0.418 e. The number of carbonyl (C=O) groups excluding carboxylic acids is 2. The second kappa shape index (κ2) is 9.64. The van der Waals surface area contributed by atoms with Crippen molar-refractivity contribution in [3.8, 4) is 0 Å². The maximum atomic E-state index is 13.0. The van der Waals surface area contributed by atoms with Crippen molar-refractivity contribution in [3.63, 3.8) is 0 Å². The molecule has 6 N–H and O–H groups in total. The molecule has 1 unspecified atom stereocenters. The number of amides is 2. The van der Waals surface area contributed by atoms with E-state index in [4.69, 9.17) is 23.1 Å². The molecule has 1 atom stereocenters. The van der Waals surface area contributed by atoms with E-state index in [0.29, 0.717) is 11.1 Å². The molecule has 3 aromatic heterocycles. The Balaban J connectivity index is 1.71. The molecule has 174 valence electrons. The molecular formula is C18H16ClF3N8O2S. The highest BCUT2D eigenvalue weighted by Crippen LogP contribution is 2.35. The quantitative estimate of drug-likeness (QED) is 0.401. The first-order valence-electron chi connectivity index (χ1n) is 9.11. The van der Waals surface area contributed by atoms with Gasteiger partial charge in [0.1, 0.15) is 33.5 Å². The molecule has 33 heavy (non-hydrogen) atoms. The van der Waals surface area contributed by atoms with Crippen molar-refractivity contribution in [1.82, 2.24) is 25.3 Å². The smallest absolute Gasteiger partial charge is 0.383 e. The Morgan fingerprint density at radius 1 is 1.18 bits per heavy atom. The van der Waals surface area contributed by atoms with Crippen molar-refractivity contribution in [2.75, 3.05) is 11.1 Å². The molecule has 2 amide bonds. The van der Waals surface area contributed by atoms with Crippen molar-refractivity contribution in [1.29, 1.82) is 0 Å². The second-order valence-electron chi connectivity index (χ2n) is 6.55. The molecule has 0 bridgehead atoms. The zero-order chi connectivity index (χ0) is 24.3. The lowest BCUT2D eigenvalue weighted by Gasteiger charge is -2.13. The Hall–Kier alpha value is -3.36. The molecule has 0 aliphatic carbocycles. The van der Waals surface area contributed by atoms with Gasteiger partial charge in [0, 0.05) is 18.3 Å². The molecule has 15 heteroatoms. The third kappa shape index (κ3) is 5.53. The molecule has 0 fully saturated rings. The van der Waals surface area contributed by atoms with Gasteiger partial charge in [0.2, 0.25) is 0 Å².